The van der Waals surface area contributed by atoms with Gasteiger partial charge in [0.1, 0.15) is 11.9 Å². The fourth-order valence-corrected chi connectivity index (χ4v) is 2.42. The van der Waals surface area contributed by atoms with E-state index in [4.69, 9.17) is 4.74 Å². The first-order valence-electron chi connectivity index (χ1n) is 7.92. The number of aliphatic imine (C=N–C) groups is 1. The van der Waals surface area contributed by atoms with Gasteiger partial charge >= 0.3 is 0 Å². The average molecular weight is 432 g/mol. The van der Waals surface area contributed by atoms with Gasteiger partial charge in [0, 0.05) is 32.1 Å². The van der Waals surface area contributed by atoms with Crippen LogP contribution in [0.1, 0.15) is 26.3 Å². The standard InChI is InChI=1S/C17H28N4O.HI/c1-17(2,3)21-10-9-19-16(18-4)20-12-14-11-13-7-5-6-8-15(13)22-14;/h5-8,14,21H,9-12H2,1-4H3,(H2,18,19,20);1H. The molecule has 0 aromatic heterocycles. The van der Waals surface area contributed by atoms with Crippen LogP contribution in [0.5, 0.6) is 5.75 Å². The summed E-state index contributed by atoms with van der Waals surface area (Å²) < 4.78 is 5.91. The normalized spacial score (nSPS) is 17.0. The van der Waals surface area contributed by atoms with Crippen molar-refractivity contribution in [1.29, 1.82) is 0 Å². The second-order valence-electron chi connectivity index (χ2n) is 6.61. The molecule has 0 fully saturated rings. The van der Waals surface area contributed by atoms with Crippen LogP contribution < -0.4 is 20.7 Å². The summed E-state index contributed by atoms with van der Waals surface area (Å²) in [6, 6.07) is 8.22. The van der Waals surface area contributed by atoms with Gasteiger partial charge in [0.25, 0.3) is 0 Å². The SMILES string of the molecule is CN=C(NCCNC(C)(C)C)NCC1Cc2ccccc2O1.I. The fraction of sp³-hybridized carbons (Fsp3) is 0.588. The highest BCUT2D eigenvalue weighted by Crippen LogP contribution is 2.27. The smallest absolute Gasteiger partial charge is 0.191 e. The molecule has 23 heavy (non-hydrogen) atoms. The molecule has 2 rings (SSSR count). The second kappa shape index (κ2) is 9.32. The molecule has 0 saturated carbocycles. The molecule has 130 valence electrons. The number of para-hydroxylation sites is 1. The molecule has 1 aromatic carbocycles. The summed E-state index contributed by atoms with van der Waals surface area (Å²) >= 11 is 0. The van der Waals surface area contributed by atoms with Gasteiger partial charge in [-0.05, 0) is 32.4 Å². The molecule has 1 aliphatic rings. The first-order valence-corrected chi connectivity index (χ1v) is 7.92. The van der Waals surface area contributed by atoms with Gasteiger partial charge in [0.2, 0.25) is 0 Å². The molecule has 0 saturated heterocycles. The van der Waals surface area contributed by atoms with E-state index in [9.17, 15) is 0 Å². The van der Waals surface area contributed by atoms with Crippen molar-refractivity contribution < 1.29 is 4.74 Å². The number of nitrogens with zero attached hydrogens (tertiary/aromatic N) is 1. The van der Waals surface area contributed by atoms with Crippen molar-refractivity contribution in [3.05, 3.63) is 29.8 Å². The Balaban J connectivity index is 0.00000264. The Morgan fingerprint density at radius 1 is 1.22 bits per heavy atom. The molecule has 6 heteroatoms. The number of rotatable bonds is 5. The van der Waals surface area contributed by atoms with Crippen molar-refractivity contribution in [3.8, 4) is 5.75 Å². The van der Waals surface area contributed by atoms with E-state index >= 15 is 0 Å². The fourth-order valence-electron chi connectivity index (χ4n) is 2.42. The lowest BCUT2D eigenvalue weighted by atomic mass is 10.1. The first kappa shape index (κ1) is 20.0. The lowest BCUT2D eigenvalue weighted by molar-refractivity contribution is 0.235. The number of ether oxygens (including phenoxy) is 1. The Labute approximate surface area is 156 Å². The molecule has 1 aliphatic heterocycles. The van der Waals surface area contributed by atoms with E-state index in [0.717, 1.165) is 37.8 Å². The lowest BCUT2D eigenvalue weighted by Gasteiger charge is -2.21. The van der Waals surface area contributed by atoms with E-state index in [0.29, 0.717) is 0 Å². The number of guanidine groups is 1. The van der Waals surface area contributed by atoms with E-state index in [1.165, 1.54) is 5.56 Å². The third kappa shape index (κ3) is 6.95. The minimum absolute atomic E-state index is 0. The van der Waals surface area contributed by atoms with Crippen molar-refractivity contribution in [3.63, 3.8) is 0 Å². The zero-order chi connectivity index (χ0) is 16.0. The first-order chi connectivity index (χ1) is 10.5. The van der Waals surface area contributed by atoms with Crippen LogP contribution in [0.25, 0.3) is 0 Å². The van der Waals surface area contributed by atoms with E-state index in [2.05, 4.69) is 53.8 Å². The molecule has 0 amide bonds. The summed E-state index contributed by atoms with van der Waals surface area (Å²) in [7, 11) is 1.79. The summed E-state index contributed by atoms with van der Waals surface area (Å²) in [6.45, 7) is 8.97. The molecule has 1 heterocycles. The monoisotopic (exact) mass is 432 g/mol. The molecule has 1 aromatic rings. The maximum atomic E-state index is 5.91. The summed E-state index contributed by atoms with van der Waals surface area (Å²) in [6.07, 6.45) is 1.12. The molecule has 1 atom stereocenters. The van der Waals surface area contributed by atoms with Crippen LogP contribution in [-0.4, -0.2) is 44.3 Å². The molecular weight excluding hydrogens is 403 g/mol. The van der Waals surface area contributed by atoms with E-state index in [1.54, 1.807) is 7.05 Å². The van der Waals surface area contributed by atoms with Crippen LogP contribution in [-0.2, 0) is 6.42 Å². The number of fused-ring (bicyclic) bond motifs is 1. The quantitative estimate of drug-likeness (QED) is 0.289. The Hall–Kier alpha value is -1.02. The molecule has 0 radical (unpaired) electrons. The minimum Gasteiger partial charge on any atom is -0.488 e. The van der Waals surface area contributed by atoms with Gasteiger partial charge in [-0.15, -0.1) is 24.0 Å². The Bertz CT molecular complexity index is 489. The summed E-state index contributed by atoms with van der Waals surface area (Å²) in [4.78, 5) is 4.24. The number of hydrogen-bond acceptors (Lipinski definition) is 3. The van der Waals surface area contributed by atoms with Crippen molar-refractivity contribution in [2.75, 3.05) is 26.7 Å². The van der Waals surface area contributed by atoms with Crippen LogP contribution in [0.15, 0.2) is 29.3 Å². The van der Waals surface area contributed by atoms with Gasteiger partial charge in [-0.25, -0.2) is 0 Å². The highest BCUT2D eigenvalue weighted by molar-refractivity contribution is 14.0. The summed E-state index contributed by atoms with van der Waals surface area (Å²) in [5.74, 6) is 1.82. The van der Waals surface area contributed by atoms with E-state index in [1.807, 2.05) is 12.1 Å². The number of benzene rings is 1. The molecule has 0 bridgehead atoms. The Morgan fingerprint density at radius 3 is 2.61 bits per heavy atom. The highest BCUT2D eigenvalue weighted by Gasteiger charge is 2.22. The maximum absolute atomic E-state index is 5.91. The van der Waals surface area contributed by atoms with Gasteiger partial charge in [-0.2, -0.15) is 0 Å². The Kier molecular flexibility index (Phi) is 8.11. The average Bonchev–Trinajstić information content (AvgIpc) is 2.88. The van der Waals surface area contributed by atoms with Gasteiger partial charge < -0.3 is 20.7 Å². The van der Waals surface area contributed by atoms with Crippen LogP contribution in [0.4, 0.5) is 0 Å². The van der Waals surface area contributed by atoms with Gasteiger partial charge in [0.05, 0.1) is 6.54 Å². The number of nitrogens with one attached hydrogen (secondary N) is 3. The van der Waals surface area contributed by atoms with Crippen molar-refractivity contribution in [1.82, 2.24) is 16.0 Å². The second-order valence-corrected chi connectivity index (χ2v) is 6.61. The zero-order valence-electron chi connectivity index (χ0n) is 14.5. The summed E-state index contributed by atoms with van der Waals surface area (Å²) in [5, 5.41) is 10.1. The van der Waals surface area contributed by atoms with Crippen molar-refractivity contribution >= 4 is 29.9 Å². The largest absolute Gasteiger partial charge is 0.488 e. The third-order valence-electron chi connectivity index (χ3n) is 3.51. The van der Waals surface area contributed by atoms with Crippen molar-refractivity contribution in [2.45, 2.75) is 38.8 Å². The van der Waals surface area contributed by atoms with Crippen LogP contribution in [0, 0.1) is 0 Å². The highest BCUT2D eigenvalue weighted by atomic mass is 127. The van der Waals surface area contributed by atoms with Gasteiger partial charge in [-0.1, -0.05) is 18.2 Å². The van der Waals surface area contributed by atoms with E-state index < -0.39 is 0 Å². The third-order valence-corrected chi connectivity index (χ3v) is 3.51. The Morgan fingerprint density at radius 2 is 1.96 bits per heavy atom. The van der Waals surface area contributed by atoms with Gasteiger partial charge in [0.15, 0.2) is 5.96 Å². The predicted octanol–water partition coefficient (Wildman–Crippen LogP) is 2.16. The molecule has 0 aliphatic carbocycles. The minimum atomic E-state index is 0. The zero-order valence-corrected chi connectivity index (χ0v) is 16.8. The number of halogens is 1. The van der Waals surface area contributed by atoms with Crippen molar-refractivity contribution in [2.24, 2.45) is 4.99 Å². The lowest BCUT2D eigenvalue weighted by Crippen LogP contribution is -2.46. The topological polar surface area (TPSA) is 57.7 Å². The van der Waals surface area contributed by atoms with Crippen LogP contribution in [0.3, 0.4) is 0 Å². The molecule has 1 unspecified atom stereocenters. The van der Waals surface area contributed by atoms with Crippen LogP contribution in [0.2, 0.25) is 0 Å². The summed E-state index contributed by atoms with van der Waals surface area (Å²) in [5.41, 5.74) is 1.42. The van der Waals surface area contributed by atoms with E-state index in [-0.39, 0.29) is 35.6 Å². The van der Waals surface area contributed by atoms with Gasteiger partial charge in [-0.3, -0.25) is 4.99 Å². The predicted molar refractivity (Wildman–Crippen MR) is 107 cm³/mol. The molecular formula is C17H29IN4O. The maximum Gasteiger partial charge on any atom is 0.191 e. The number of hydrogen-bond donors (Lipinski definition) is 3. The molecule has 3 N–H and O–H groups in total. The molecule has 0 spiro atoms. The molecule has 5 nitrogen and oxygen atoms in total. The van der Waals surface area contributed by atoms with Crippen LogP contribution >= 0.6 is 24.0 Å².